The number of carbonyl (C=O) groups is 2. The Bertz CT molecular complexity index is 793. The van der Waals surface area contributed by atoms with Crippen LogP contribution in [0.4, 0.5) is 0 Å². The maximum atomic E-state index is 14.1. The first-order chi connectivity index (χ1) is 16.8. The van der Waals surface area contributed by atoms with Crippen molar-refractivity contribution in [2.24, 2.45) is 29.6 Å². The van der Waals surface area contributed by atoms with Gasteiger partial charge in [0.15, 0.2) is 0 Å². The van der Waals surface area contributed by atoms with E-state index in [4.69, 9.17) is 14.2 Å². The van der Waals surface area contributed by atoms with Gasteiger partial charge in [-0.25, -0.2) is 0 Å². The highest BCUT2D eigenvalue weighted by molar-refractivity contribution is 5.83. The number of amides is 2. The highest BCUT2D eigenvalue weighted by Crippen LogP contribution is 2.54. The number of hydrogen-bond donors (Lipinski definition) is 2. The average molecular weight is 492 g/mol. The van der Waals surface area contributed by atoms with Gasteiger partial charge in [0.1, 0.15) is 6.10 Å². The van der Waals surface area contributed by atoms with Crippen LogP contribution in [0.15, 0.2) is 0 Å². The van der Waals surface area contributed by atoms with Crippen LogP contribution in [0.3, 0.4) is 0 Å². The molecular weight excluding hydrogens is 446 g/mol. The molecule has 0 aromatic heterocycles. The summed E-state index contributed by atoms with van der Waals surface area (Å²) in [6, 6.07) is 0.874. The molecule has 0 radical (unpaired) electrons. The minimum Gasteiger partial charge on any atom is -0.379 e. The lowest BCUT2D eigenvalue weighted by atomic mass is 9.64. The molecule has 5 fully saturated rings. The number of nitrogens with one attached hydrogen (secondary N) is 2. The zero-order valence-corrected chi connectivity index (χ0v) is 22.1. The number of ether oxygens (including phenoxy) is 3. The Kier molecular flexibility index (Phi) is 7.46. The minimum absolute atomic E-state index is 0.0213. The number of carbonyl (C=O) groups excluding carboxylic acids is 2. The summed E-state index contributed by atoms with van der Waals surface area (Å²) >= 11 is 0. The molecule has 2 N–H and O–H groups in total. The zero-order valence-electron chi connectivity index (χ0n) is 22.1. The Labute approximate surface area is 210 Å². The largest absolute Gasteiger partial charge is 0.379 e. The molecule has 10 unspecified atom stereocenters. The predicted octanol–water partition coefficient (Wildman–Crippen LogP) is 1.96. The van der Waals surface area contributed by atoms with Crippen molar-refractivity contribution in [1.82, 2.24) is 15.5 Å². The molecule has 0 bridgehead atoms. The van der Waals surface area contributed by atoms with Crippen molar-refractivity contribution < 1.29 is 23.8 Å². The fourth-order valence-corrected chi connectivity index (χ4v) is 8.26. The fourth-order valence-electron chi connectivity index (χ4n) is 8.26. The SMILES string of the molecule is COC1CCC2C3NCCC4C5CC(O[C@@H](C)C(=O)NCC(C)C)CCC5N(C(=O)C2C1OC)C43. The maximum Gasteiger partial charge on any atom is 0.248 e. The third-order valence-corrected chi connectivity index (χ3v) is 9.70. The quantitative estimate of drug-likeness (QED) is 0.566. The van der Waals surface area contributed by atoms with Gasteiger partial charge in [0.2, 0.25) is 11.8 Å². The third-order valence-electron chi connectivity index (χ3n) is 9.70. The van der Waals surface area contributed by atoms with E-state index in [9.17, 15) is 9.59 Å². The lowest BCUT2D eigenvalue weighted by molar-refractivity contribution is -0.175. The van der Waals surface area contributed by atoms with Crippen LogP contribution in [-0.4, -0.2) is 86.6 Å². The van der Waals surface area contributed by atoms with Crippen LogP contribution < -0.4 is 10.6 Å². The highest BCUT2D eigenvalue weighted by atomic mass is 16.5. The van der Waals surface area contributed by atoms with E-state index < -0.39 is 6.10 Å². The van der Waals surface area contributed by atoms with Crippen LogP contribution in [0, 0.1) is 29.6 Å². The summed E-state index contributed by atoms with van der Waals surface area (Å²) in [4.78, 5) is 28.9. The summed E-state index contributed by atoms with van der Waals surface area (Å²) in [7, 11) is 3.46. The molecule has 8 nitrogen and oxygen atoms in total. The summed E-state index contributed by atoms with van der Waals surface area (Å²) < 4.78 is 18.0. The molecule has 0 aromatic carbocycles. The van der Waals surface area contributed by atoms with Crippen LogP contribution in [0.25, 0.3) is 0 Å². The van der Waals surface area contributed by atoms with E-state index in [0.29, 0.717) is 36.3 Å². The lowest BCUT2D eigenvalue weighted by Crippen LogP contribution is -2.70. The first kappa shape index (κ1) is 25.4. The van der Waals surface area contributed by atoms with E-state index in [1.54, 1.807) is 14.2 Å². The van der Waals surface area contributed by atoms with Gasteiger partial charge in [-0.3, -0.25) is 9.59 Å². The molecule has 5 aliphatic rings. The second-order valence-electron chi connectivity index (χ2n) is 12.0. The smallest absolute Gasteiger partial charge is 0.248 e. The molecule has 8 heteroatoms. The Morgan fingerprint density at radius 2 is 1.86 bits per heavy atom. The van der Waals surface area contributed by atoms with Crippen molar-refractivity contribution in [2.45, 2.75) is 102 Å². The molecule has 0 spiro atoms. The molecule has 2 amide bonds. The van der Waals surface area contributed by atoms with Crippen LogP contribution in [0.2, 0.25) is 0 Å². The van der Waals surface area contributed by atoms with Crippen molar-refractivity contribution in [3.63, 3.8) is 0 Å². The van der Waals surface area contributed by atoms with E-state index in [-0.39, 0.29) is 48.1 Å². The molecule has 2 saturated carbocycles. The van der Waals surface area contributed by atoms with E-state index >= 15 is 0 Å². The Morgan fingerprint density at radius 1 is 1.06 bits per heavy atom. The summed E-state index contributed by atoms with van der Waals surface area (Å²) in [6.45, 7) is 7.73. The number of hydrogen-bond acceptors (Lipinski definition) is 6. The van der Waals surface area contributed by atoms with E-state index in [0.717, 1.165) is 45.1 Å². The zero-order chi connectivity index (χ0) is 24.9. The maximum absolute atomic E-state index is 14.1. The molecule has 198 valence electrons. The van der Waals surface area contributed by atoms with E-state index in [2.05, 4.69) is 29.4 Å². The van der Waals surface area contributed by atoms with Gasteiger partial charge in [0.05, 0.1) is 30.3 Å². The molecule has 0 aromatic rings. The number of fused-ring (bicyclic) bond motifs is 5. The van der Waals surface area contributed by atoms with Gasteiger partial charge < -0.3 is 29.7 Å². The van der Waals surface area contributed by atoms with Gasteiger partial charge >= 0.3 is 0 Å². The summed E-state index contributed by atoms with van der Waals surface area (Å²) in [6.07, 6.45) is 5.27. The van der Waals surface area contributed by atoms with Crippen molar-refractivity contribution >= 4 is 11.8 Å². The van der Waals surface area contributed by atoms with Crippen molar-refractivity contribution in [3.8, 4) is 0 Å². The second-order valence-corrected chi connectivity index (χ2v) is 12.0. The van der Waals surface area contributed by atoms with Gasteiger partial charge in [-0.05, 0) is 75.7 Å². The van der Waals surface area contributed by atoms with Gasteiger partial charge in [0, 0.05) is 32.8 Å². The highest BCUT2D eigenvalue weighted by Gasteiger charge is 2.64. The molecule has 3 heterocycles. The number of piperidine rings is 2. The molecule has 5 rings (SSSR count). The summed E-state index contributed by atoms with van der Waals surface area (Å²) in [5.74, 6) is 1.80. The Balaban J connectivity index is 1.32. The van der Waals surface area contributed by atoms with Crippen molar-refractivity contribution in [1.29, 1.82) is 0 Å². The molecule has 35 heavy (non-hydrogen) atoms. The topological polar surface area (TPSA) is 89.1 Å². The van der Waals surface area contributed by atoms with Crippen LogP contribution >= 0.6 is 0 Å². The standard InChI is InChI=1S/C27H45N3O5/c1-14(2)13-29-26(31)15(3)35-16-6-8-20-19(12-16)17-10-11-28-23-18-7-9-21(33-4)25(34-5)22(18)27(32)30(20)24(17)23/h14-25,28H,6-13H2,1-5H3,(H,29,31)/t15-,16?,17?,18?,19?,20?,21?,22?,23?,24?,25?/m0/s1. The Morgan fingerprint density at radius 3 is 2.57 bits per heavy atom. The van der Waals surface area contributed by atoms with Crippen molar-refractivity contribution in [3.05, 3.63) is 0 Å². The molecular formula is C27H45N3O5. The first-order valence-corrected chi connectivity index (χ1v) is 13.9. The van der Waals surface area contributed by atoms with Crippen LogP contribution in [0.5, 0.6) is 0 Å². The molecule has 3 saturated heterocycles. The van der Waals surface area contributed by atoms with Gasteiger partial charge in [0.25, 0.3) is 0 Å². The van der Waals surface area contributed by atoms with E-state index in [1.165, 1.54) is 0 Å². The number of nitrogens with zero attached hydrogens (tertiary/aromatic N) is 1. The first-order valence-electron chi connectivity index (χ1n) is 13.9. The average Bonchev–Trinajstić information content (AvgIpc) is 3.19. The van der Waals surface area contributed by atoms with Gasteiger partial charge in [-0.1, -0.05) is 13.8 Å². The predicted molar refractivity (Wildman–Crippen MR) is 132 cm³/mol. The number of rotatable bonds is 7. The molecule has 11 atom stereocenters. The minimum atomic E-state index is -0.446. The monoisotopic (exact) mass is 491 g/mol. The lowest BCUT2D eigenvalue weighted by Gasteiger charge is -2.55. The van der Waals surface area contributed by atoms with Crippen LogP contribution in [0.1, 0.15) is 59.3 Å². The van der Waals surface area contributed by atoms with Gasteiger partial charge in [-0.15, -0.1) is 0 Å². The second kappa shape index (κ2) is 10.3. The van der Waals surface area contributed by atoms with Gasteiger partial charge in [-0.2, -0.15) is 0 Å². The summed E-state index contributed by atoms with van der Waals surface area (Å²) in [5.41, 5.74) is 0. The summed E-state index contributed by atoms with van der Waals surface area (Å²) in [5, 5.41) is 6.83. The van der Waals surface area contributed by atoms with Crippen LogP contribution in [-0.2, 0) is 23.8 Å². The van der Waals surface area contributed by atoms with Crippen molar-refractivity contribution in [2.75, 3.05) is 27.3 Å². The third kappa shape index (κ3) is 4.42. The Hall–Kier alpha value is -1.22. The fraction of sp³-hybridized carbons (Fsp3) is 0.926. The molecule has 2 aliphatic carbocycles. The molecule has 3 aliphatic heterocycles. The number of methoxy groups -OCH3 is 2. The van der Waals surface area contributed by atoms with E-state index in [1.807, 2.05) is 6.92 Å². The normalized spacial score (nSPS) is 43.4.